The highest BCUT2D eigenvalue weighted by molar-refractivity contribution is 5.26. The highest BCUT2D eigenvalue weighted by Crippen LogP contribution is 2.01. The summed E-state index contributed by atoms with van der Waals surface area (Å²) in [5.74, 6) is 5.50. The van der Waals surface area contributed by atoms with Crippen molar-refractivity contribution >= 4 is 0 Å². The van der Waals surface area contributed by atoms with Crippen LogP contribution in [0.4, 0.5) is 0 Å². The van der Waals surface area contributed by atoms with Gasteiger partial charge in [-0.05, 0) is 5.92 Å². The lowest BCUT2D eigenvalue weighted by Gasteiger charge is -1.95. The Balaban J connectivity index is 2.86. The molecule has 0 amide bonds. The van der Waals surface area contributed by atoms with E-state index in [1.165, 1.54) is 19.5 Å². The number of methoxy groups -OCH3 is 1. The van der Waals surface area contributed by atoms with Gasteiger partial charge in [0.15, 0.2) is 0 Å². The quantitative estimate of drug-likeness (QED) is 0.585. The predicted molar refractivity (Wildman–Crippen MR) is 42.5 cm³/mol. The van der Waals surface area contributed by atoms with E-state index in [-0.39, 0.29) is 6.61 Å². The second-order valence-corrected chi connectivity index (χ2v) is 1.91. The molecule has 0 saturated heterocycles. The van der Waals surface area contributed by atoms with Crippen LogP contribution in [0.1, 0.15) is 5.69 Å². The van der Waals surface area contributed by atoms with Crippen LogP contribution in [0.3, 0.4) is 0 Å². The van der Waals surface area contributed by atoms with Gasteiger partial charge in [0.1, 0.15) is 12.3 Å². The smallest absolute Gasteiger partial charge is 0.233 e. The van der Waals surface area contributed by atoms with Crippen molar-refractivity contribution in [2.45, 2.75) is 0 Å². The molecule has 4 nitrogen and oxygen atoms in total. The number of hydrogen-bond acceptors (Lipinski definition) is 4. The summed E-state index contributed by atoms with van der Waals surface area (Å²) in [6, 6.07) is 0. The van der Waals surface area contributed by atoms with Crippen LogP contribution in [0.15, 0.2) is 12.4 Å². The Bertz CT molecular complexity index is 314. The van der Waals surface area contributed by atoms with Crippen LogP contribution < -0.4 is 4.74 Å². The summed E-state index contributed by atoms with van der Waals surface area (Å²) in [5, 5.41) is 8.40. The molecule has 12 heavy (non-hydrogen) atoms. The van der Waals surface area contributed by atoms with Crippen LogP contribution in [-0.4, -0.2) is 28.8 Å². The Morgan fingerprint density at radius 3 is 3.08 bits per heavy atom. The zero-order valence-electron chi connectivity index (χ0n) is 6.61. The van der Waals surface area contributed by atoms with Gasteiger partial charge in [-0.2, -0.15) is 0 Å². The molecule has 0 aliphatic rings. The second kappa shape index (κ2) is 4.31. The van der Waals surface area contributed by atoms with Gasteiger partial charge < -0.3 is 9.84 Å². The molecular weight excluding hydrogens is 156 g/mol. The zero-order valence-corrected chi connectivity index (χ0v) is 6.61. The van der Waals surface area contributed by atoms with Gasteiger partial charge in [0.05, 0.1) is 19.5 Å². The minimum Gasteiger partial charge on any atom is -0.480 e. The maximum absolute atomic E-state index is 8.40. The fourth-order valence-corrected chi connectivity index (χ4v) is 0.637. The molecule has 0 atom stereocenters. The lowest BCUT2D eigenvalue weighted by molar-refractivity contribution is 0.350. The Morgan fingerprint density at radius 2 is 2.42 bits per heavy atom. The Morgan fingerprint density at radius 1 is 1.58 bits per heavy atom. The number of rotatable bonds is 1. The molecule has 0 saturated carbocycles. The van der Waals surface area contributed by atoms with Gasteiger partial charge >= 0.3 is 0 Å². The summed E-state index contributed by atoms with van der Waals surface area (Å²) in [4.78, 5) is 7.80. The van der Waals surface area contributed by atoms with Gasteiger partial charge in [-0.25, -0.2) is 4.98 Å². The fraction of sp³-hybridized carbons (Fsp3) is 0.250. The van der Waals surface area contributed by atoms with Crippen molar-refractivity contribution in [1.29, 1.82) is 0 Å². The number of ether oxygens (including phenoxy) is 1. The summed E-state index contributed by atoms with van der Waals surface area (Å²) in [7, 11) is 1.51. The lowest BCUT2D eigenvalue weighted by atomic mass is 10.4. The molecule has 0 unspecified atom stereocenters. The van der Waals surface area contributed by atoms with Gasteiger partial charge in [0.2, 0.25) is 5.88 Å². The van der Waals surface area contributed by atoms with E-state index in [2.05, 4.69) is 21.8 Å². The molecular formula is C8H8N2O2. The molecule has 62 valence electrons. The SMILES string of the molecule is COc1cncc(C#CCO)n1. The molecule has 4 heteroatoms. The summed E-state index contributed by atoms with van der Waals surface area (Å²) in [5.41, 5.74) is 0.489. The van der Waals surface area contributed by atoms with E-state index in [4.69, 9.17) is 9.84 Å². The van der Waals surface area contributed by atoms with Gasteiger partial charge in [0, 0.05) is 0 Å². The van der Waals surface area contributed by atoms with Gasteiger partial charge in [-0.15, -0.1) is 0 Å². The van der Waals surface area contributed by atoms with Crippen molar-refractivity contribution in [2.24, 2.45) is 0 Å². The molecule has 1 heterocycles. The third kappa shape index (κ3) is 2.22. The second-order valence-electron chi connectivity index (χ2n) is 1.91. The van der Waals surface area contributed by atoms with Gasteiger partial charge in [0.25, 0.3) is 0 Å². The largest absolute Gasteiger partial charge is 0.480 e. The van der Waals surface area contributed by atoms with E-state index in [1.54, 1.807) is 0 Å². The predicted octanol–water partition coefficient (Wildman–Crippen LogP) is -0.171. The van der Waals surface area contributed by atoms with Crippen molar-refractivity contribution in [3.8, 4) is 17.7 Å². The summed E-state index contributed by atoms with van der Waals surface area (Å²) in [6.07, 6.45) is 3.00. The third-order valence-electron chi connectivity index (χ3n) is 1.12. The van der Waals surface area contributed by atoms with Crippen molar-refractivity contribution < 1.29 is 9.84 Å². The van der Waals surface area contributed by atoms with E-state index in [0.717, 1.165) is 0 Å². The van der Waals surface area contributed by atoms with E-state index in [0.29, 0.717) is 11.6 Å². The monoisotopic (exact) mass is 164 g/mol. The van der Waals surface area contributed by atoms with Crippen LogP contribution in [0.25, 0.3) is 0 Å². The number of aliphatic hydroxyl groups is 1. The minimum atomic E-state index is -0.182. The van der Waals surface area contributed by atoms with E-state index < -0.39 is 0 Å². The number of nitrogens with zero attached hydrogens (tertiary/aromatic N) is 2. The molecule has 0 aliphatic carbocycles. The first-order chi connectivity index (χ1) is 5.86. The van der Waals surface area contributed by atoms with Crippen LogP contribution in [0.5, 0.6) is 5.88 Å². The fourth-order valence-electron chi connectivity index (χ4n) is 0.637. The maximum Gasteiger partial charge on any atom is 0.233 e. The molecule has 1 N–H and O–H groups in total. The van der Waals surface area contributed by atoms with Crippen LogP contribution in [0, 0.1) is 11.8 Å². The Hall–Kier alpha value is -1.60. The molecule has 0 aliphatic heterocycles. The van der Waals surface area contributed by atoms with E-state index in [9.17, 15) is 0 Å². The molecule has 0 fully saturated rings. The lowest BCUT2D eigenvalue weighted by Crippen LogP contribution is -1.91. The number of aromatic nitrogens is 2. The molecule has 1 rings (SSSR count). The maximum atomic E-state index is 8.40. The van der Waals surface area contributed by atoms with Crippen molar-refractivity contribution in [3.63, 3.8) is 0 Å². The number of hydrogen-bond donors (Lipinski definition) is 1. The molecule has 0 radical (unpaired) electrons. The first-order valence-corrected chi connectivity index (χ1v) is 3.32. The van der Waals surface area contributed by atoms with Crippen molar-refractivity contribution in [2.75, 3.05) is 13.7 Å². The molecule has 1 aromatic heterocycles. The highest BCUT2D eigenvalue weighted by Gasteiger charge is 1.93. The first-order valence-electron chi connectivity index (χ1n) is 3.32. The molecule has 1 aromatic rings. The van der Waals surface area contributed by atoms with Gasteiger partial charge in [-0.1, -0.05) is 5.92 Å². The highest BCUT2D eigenvalue weighted by atomic mass is 16.5. The van der Waals surface area contributed by atoms with Crippen LogP contribution in [-0.2, 0) is 0 Å². The average molecular weight is 164 g/mol. The third-order valence-corrected chi connectivity index (χ3v) is 1.12. The molecule has 0 aromatic carbocycles. The zero-order chi connectivity index (χ0) is 8.81. The molecule has 0 bridgehead atoms. The van der Waals surface area contributed by atoms with Crippen molar-refractivity contribution in [3.05, 3.63) is 18.1 Å². The minimum absolute atomic E-state index is 0.182. The topological polar surface area (TPSA) is 55.2 Å². The van der Waals surface area contributed by atoms with E-state index >= 15 is 0 Å². The first kappa shape index (κ1) is 8.50. The average Bonchev–Trinajstić information content (AvgIpc) is 2.15. The van der Waals surface area contributed by atoms with Crippen LogP contribution in [0.2, 0.25) is 0 Å². The summed E-state index contributed by atoms with van der Waals surface area (Å²) >= 11 is 0. The Labute approximate surface area is 70.2 Å². The summed E-state index contributed by atoms with van der Waals surface area (Å²) in [6.45, 7) is -0.182. The standard InChI is InChI=1S/C8H8N2O2/c1-12-8-6-9-5-7(10-8)3-2-4-11/h5-6,11H,4H2,1H3. The summed E-state index contributed by atoms with van der Waals surface area (Å²) < 4.78 is 4.83. The number of aliphatic hydroxyl groups excluding tert-OH is 1. The van der Waals surface area contributed by atoms with E-state index in [1.807, 2.05) is 0 Å². The van der Waals surface area contributed by atoms with Crippen LogP contribution >= 0.6 is 0 Å². The normalized spacial score (nSPS) is 8.50. The Kier molecular flexibility index (Phi) is 3.05. The van der Waals surface area contributed by atoms with Crippen molar-refractivity contribution in [1.82, 2.24) is 9.97 Å². The van der Waals surface area contributed by atoms with Gasteiger partial charge in [-0.3, -0.25) is 4.98 Å². The molecule has 0 spiro atoms.